The van der Waals surface area contributed by atoms with Crippen LogP contribution in [0.3, 0.4) is 0 Å². The third-order valence-electron chi connectivity index (χ3n) is 1.45. The molecule has 2 nitrogen and oxygen atoms in total. The van der Waals surface area contributed by atoms with Crippen molar-refractivity contribution in [1.29, 1.82) is 5.26 Å². The molecule has 0 aliphatic rings. The van der Waals surface area contributed by atoms with Crippen LogP contribution in [0.15, 0.2) is 16.6 Å². The standard InChI is InChI=1S/C8H6BrFN2/c9-6-3-5(1-2-11)8(12)4-7(6)10/h3-4H,1,12H2. The van der Waals surface area contributed by atoms with Gasteiger partial charge in [0, 0.05) is 5.69 Å². The Morgan fingerprint density at radius 2 is 2.25 bits per heavy atom. The van der Waals surface area contributed by atoms with E-state index in [0.717, 1.165) is 0 Å². The van der Waals surface area contributed by atoms with E-state index in [1.54, 1.807) is 0 Å². The van der Waals surface area contributed by atoms with Gasteiger partial charge in [-0.2, -0.15) is 5.26 Å². The Balaban J connectivity index is 3.16. The van der Waals surface area contributed by atoms with Crippen molar-refractivity contribution in [2.24, 2.45) is 0 Å². The van der Waals surface area contributed by atoms with Crippen LogP contribution in [0, 0.1) is 17.1 Å². The lowest BCUT2D eigenvalue weighted by molar-refractivity contribution is 0.621. The molecule has 0 saturated heterocycles. The van der Waals surface area contributed by atoms with Crippen LogP contribution in [0.4, 0.5) is 10.1 Å². The molecule has 0 amide bonds. The average Bonchev–Trinajstić information content (AvgIpc) is 2.01. The first-order chi connectivity index (χ1) is 5.65. The van der Waals surface area contributed by atoms with Crippen molar-refractivity contribution in [1.82, 2.24) is 0 Å². The second-order valence-corrected chi connectivity index (χ2v) is 3.15. The first-order valence-electron chi connectivity index (χ1n) is 3.25. The van der Waals surface area contributed by atoms with E-state index in [1.807, 2.05) is 6.07 Å². The van der Waals surface area contributed by atoms with Crippen molar-refractivity contribution < 1.29 is 4.39 Å². The topological polar surface area (TPSA) is 49.8 Å². The van der Waals surface area contributed by atoms with Gasteiger partial charge in [-0.25, -0.2) is 4.39 Å². The lowest BCUT2D eigenvalue weighted by atomic mass is 10.1. The minimum Gasteiger partial charge on any atom is -0.398 e. The van der Waals surface area contributed by atoms with Gasteiger partial charge < -0.3 is 5.73 Å². The van der Waals surface area contributed by atoms with E-state index in [0.29, 0.717) is 15.7 Å². The Morgan fingerprint density at radius 3 is 2.83 bits per heavy atom. The monoisotopic (exact) mass is 228 g/mol. The molecule has 0 aliphatic heterocycles. The summed E-state index contributed by atoms with van der Waals surface area (Å²) in [5, 5.41) is 8.39. The lowest BCUT2D eigenvalue weighted by Gasteiger charge is -2.02. The van der Waals surface area contributed by atoms with Crippen molar-refractivity contribution in [2.45, 2.75) is 6.42 Å². The normalized spacial score (nSPS) is 9.42. The van der Waals surface area contributed by atoms with E-state index in [2.05, 4.69) is 15.9 Å². The van der Waals surface area contributed by atoms with Gasteiger partial charge >= 0.3 is 0 Å². The quantitative estimate of drug-likeness (QED) is 0.750. The molecule has 4 heteroatoms. The number of nitrogen functional groups attached to an aromatic ring is 1. The molecule has 0 aromatic heterocycles. The fourth-order valence-corrected chi connectivity index (χ4v) is 1.23. The van der Waals surface area contributed by atoms with Crippen LogP contribution in [0.2, 0.25) is 0 Å². The molecule has 0 saturated carbocycles. The molecule has 0 spiro atoms. The predicted octanol–water partition coefficient (Wildman–Crippen LogP) is 2.24. The highest BCUT2D eigenvalue weighted by Crippen LogP contribution is 2.22. The summed E-state index contributed by atoms with van der Waals surface area (Å²) < 4.78 is 13.1. The number of nitrogens with zero attached hydrogens (tertiary/aromatic N) is 1. The molecule has 0 aliphatic carbocycles. The summed E-state index contributed by atoms with van der Waals surface area (Å²) in [5.41, 5.74) is 6.43. The highest BCUT2D eigenvalue weighted by Gasteiger charge is 2.04. The van der Waals surface area contributed by atoms with E-state index < -0.39 is 5.82 Å². The maximum Gasteiger partial charge on any atom is 0.139 e. The molecule has 1 aromatic carbocycles. The maximum absolute atomic E-state index is 12.8. The van der Waals surface area contributed by atoms with Crippen LogP contribution in [0.5, 0.6) is 0 Å². The van der Waals surface area contributed by atoms with Crippen LogP contribution in [-0.4, -0.2) is 0 Å². The van der Waals surface area contributed by atoms with Crippen LogP contribution in [-0.2, 0) is 6.42 Å². The van der Waals surface area contributed by atoms with Gasteiger partial charge in [0.2, 0.25) is 0 Å². The summed E-state index contributed by atoms with van der Waals surface area (Å²) in [7, 11) is 0. The van der Waals surface area contributed by atoms with Crippen LogP contribution in [0.25, 0.3) is 0 Å². The second kappa shape index (κ2) is 3.55. The highest BCUT2D eigenvalue weighted by molar-refractivity contribution is 9.10. The number of hydrogen-bond donors (Lipinski definition) is 1. The molecule has 0 bridgehead atoms. The van der Waals surface area contributed by atoms with Gasteiger partial charge in [-0.15, -0.1) is 0 Å². The Labute approximate surface area is 77.9 Å². The zero-order valence-corrected chi connectivity index (χ0v) is 7.73. The SMILES string of the molecule is N#CCc1cc(Br)c(F)cc1N. The number of nitrogens with two attached hydrogens (primary N) is 1. The van der Waals surface area contributed by atoms with Crippen molar-refractivity contribution in [2.75, 3.05) is 5.73 Å². The van der Waals surface area contributed by atoms with Gasteiger partial charge in [-0.05, 0) is 33.6 Å². The molecule has 0 atom stereocenters. The van der Waals surface area contributed by atoms with E-state index in [9.17, 15) is 4.39 Å². The summed E-state index contributed by atoms with van der Waals surface area (Å²) in [6, 6.07) is 4.68. The minimum atomic E-state index is -0.408. The highest BCUT2D eigenvalue weighted by atomic mass is 79.9. The summed E-state index contributed by atoms with van der Waals surface area (Å²) in [4.78, 5) is 0. The van der Waals surface area contributed by atoms with E-state index in [1.165, 1.54) is 12.1 Å². The number of benzene rings is 1. The van der Waals surface area contributed by atoms with E-state index in [-0.39, 0.29) is 6.42 Å². The van der Waals surface area contributed by atoms with Gasteiger partial charge in [0.25, 0.3) is 0 Å². The summed E-state index contributed by atoms with van der Waals surface area (Å²) >= 11 is 3.01. The predicted molar refractivity (Wildman–Crippen MR) is 47.8 cm³/mol. The smallest absolute Gasteiger partial charge is 0.139 e. The molecule has 0 radical (unpaired) electrons. The second-order valence-electron chi connectivity index (χ2n) is 2.30. The maximum atomic E-state index is 12.8. The third kappa shape index (κ3) is 1.74. The van der Waals surface area contributed by atoms with E-state index in [4.69, 9.17) is 11.0 Å². The first kappa shape index (κ1) is 9.01. The molecule has 2 N–H and O–H groups in total. The summed E-state index contributed by atoms with van der Waals surface area (Å²) in [6.07, 6.45) is 0.199. The number of rotatable bonds is 1. The fourth-order valence-electron chi connectivity index (χ4n) is 0.842. The summed E-state index contributed by atoms with van der Waals surface area (Å²) in [6.45, 7) is 0. The van der Waals surface area contributed by atoms with Crippen LogP contribution in [0.1, 0.15) is 5.56 Å². The molecule has 1 rings (SSSR count). The molecule has 0 unspecified atom stereocenters. The average molecular weight is 229 g/mol. The van der Waals surface area contributed by atoms with Gasteiger partial charge in [-0.3, -0.25) is 0 Å². The van der Waals surface area contributed by atoms with Crippen molar-refractivity contribution >= 4 is 21.6 Å². The van der Waals surface area contributed by atoms with Gasteiger partial charge in [0.15, 0.2) is 0 Å². The zero-order chi connectivity index (χ0) is 9.14. The number of halogens is 2. The van der Waals surface area contributed by atoms with Crippen LogP contribution >= 0.6 is 15.9 Å². The first-order valence-corrected chi connectivity index (χ1v) is 4.05. The molecule has 1 aromatic rings. The van der Waals surface area contributed by atoms with Crippen molar-refractivity contribution in [3.63, 3.8) is 0 Å². The van der Waals surface area contributed by atoms with Crippen molar-refractivity contribution in [3.05, 3.63) is 28.0 Å². The van der Waals surface area contributed by atoms with Gasteiger partial charge in [0.1, 0.15) is 5.82 Å². The lowest BCUT2D eigenvalue weighted by Crippen LogP contribution is -1.95. The Kier molecular flexibility index (Phi) is 2.66. The molecule has 62 valence electrons. The Hall–Kier alpha value is -1.08. The van der Waals surface area contributed by atoms with Crippen molar-refractivity contribution in [3.8, 4) is 6.07 Å². The number of nitriles is 1. The Bertz CT molecular complexity index is 344. The largest absolute Gasteiger partial charge is 0.398 e. The molecular weight excluding hydrogens is 223 g/mol. The number of hydrogen-bond acceptors (Lipinski definition) is 2. The summed E-state index contributed by atoms with van der Waals surface area (Å²) in [5.74, 6) is -0.408. The third-order valence-corrected chi connectivity index (χ3v) is 2.06. The molecular formula is C8H6BrFN2. The fraction of sp³-hybridized carbons (Fsp3) is 0.125. The van der Waals surface area contributed by atoms with Crippen LogP contribution < -0.4 is 5.73 Å². The van der Waals surface area contributed by atoms with Gasteiger partial charge in [-0.1, -0.05) is 0 Å². The van der Waals surface area contributed by atoms with Gasteiger partial charge in [0.05, 0.1) is 17.0 Å². The molecule has 0 heterocycles. The number of anilines is 1. The molecule has 0 fully saturated rings. The van der Waals surface area contributed by atoms with E-state index >= 15 is 0 Å². The Morgan fingerprint density at radius 1 is 1.58 bits per heavy atom. The zero-order valence-electron chi connectivity index (χ0n) is 6.14. The minimum absolute atomic E-state index is 0.199. The molecule has 12 heavy (non-hydrogen) atoms.